The zero-order valence-electron chi connectivity index (χ0n) is 14.4. The van der Waals surface area contributed by atoms with Crippen LogP contribution in [0.15, 0.2) is 6.20 Å². The number of rotatable bonds is 3. The number of fused-ring (bicyclic) bond motifs is 1. The molecular weight excluding hydrogens is 330 g/mol. The minimum Gasteiger partial charge on any atom is -0.310 e. The fraction of sp³-hybridized carbons (Fsp3) is 0.579. The lowest BCUT2D eigenvalue weighted by Gasteiger charge is -2.18. The average Bonchev–Trinajstić information content (AvgIpc) is 3.21. The van der Waals surface area contributed by atoms with E-state index < -0.39 is 0 Å². The number of thiazole rings is 1. The highest BCUT2D eigenvalue weighted by atomic mass is 32.1. The Balaban J connectivity index is 1.60. The number of aromatic nitrogens is 4. The zero-order chi connectivity index (χ0) is 17.1. The second-order valence-corrected chi connectivity index (χ2v) is 8.10. The molecule has 0 spiro atoms. The van der Waals surface area contributed by atoms with Gasteiger partial charge in [-0.05, 0) is 31.8 Å². The highest BCUT2D eigenvalue weighted by Gasteiger charge is 2.20. The first kappa shape index (κ1) is 16.5. The number of aryl methyl sites for hydroxylation is 1. The average molecular weight is 353 g/mol. The van der Waals surface area contributed by atoms with Crippen LogP contribution in [-0.2, 0) is 13.0 Å². The number of allylic oxidation sites excluding steroid dienone is 1. The van der Waals surface area contributed by atoms with Crippen LogP contribution in [0.25, 0.3) is 11.6 Å². The maximum atomic E-state index is 9.67. The maximum Gasteiger partial charge on any atom is 0.174 e. The third kappa shape index (κ3) is 3.52. The Morgan fingerprint density at radius 3 is 2.84 bits per heavy atom. The Kier molecular flexibility index (Phi) is 4.93. The van der Waals surface area contributed by atoms with Crippen molar-refractivity contribution in [3.8, 4) is 6.07 Å². The standard InChI is InChI=1S/C19H23N5S/c20-12-15(18-23-22-17-9-5-2-6-10-24(17)18)11-16-13-21-19(25-16)14-7-3-1-4-8-14/h11,13-14H,1-10H2. The molecule has 1 fully saturated rings. The minimum atomic E-state index is 0.597. The van der Waals surface area contributed by atoms with Crippen molar-refractivity contribution in [1.82, 2.24) is 19.7 Å². The van der Waals surface area contributed by atoms with Crippen molar-refractivity contribution in [2.24, 2.45) is 0 Å². The van der Waals surface area contributed by atoms with E-state index in [0.29, 0.717) is 17.3 Å². The first-order valence-electron chi connectivity index (χ1n) is 9.35. The zero-order valence-corrected chi connectivity index (χ0v) is 15.3. The van der Waals surface area contributed by atoms with Crippen molar-refractivity contribution in [3.63, 3.8) is 0 Å². The second kappa shape index (κ2) is 7.49. The highest BCUT2D eigenvalue weighted by Crippen LogP contribution is 2.35. The summed E-state index contributed by atoms with van der Waals surface area (Å²) in [5, 5.41) is 19.5. The molecule has 6 heteroatoms. The van der Waals surface area contributed by atoms with Crippen LogP contribution < -0.4 is 0 Å². The van der Waals surface area contributed by atoms with Gasteiger partial charge in [0.1, 0.15) is 11.9 Å². The van der Waals surface area contributed by atoms with Gasteiger partial charge in [-0.25, -0.2) is 4.98 Å². The molecule has 3 heterocycles. The molecule has 25 heavy (non-hydrogen) atoms. The largest absolute Gasteiger partial charge is 0.310 e. The molecule has 0 atom stereocenters. The maximum absolute atomic E-state index is 9.67. The van der Waals surface area contributed by atoms with Crippen molar-refractivity contribution in [1.29, 1.82) is 5.26 Å². The lowest BCUT2D eigenvalue weighted by atomic mass is 9.90. The topological polar surface area (TPSA) is 67.4 Å². The summed E-state index contributed by atoms with van der Waals surface area (Å²) in [6.45, 7) is 0.909. The van der Waals surface area contributed by atoms with Gasteiger partial charge in [0, 0.05) is 30.0 Å². The molecule has 0 bridgehead atoms. The Bertz CT molecular complexity index is 804. The first-order valence-corrected chi connectivity index (χ1v) is 10.2. The normalized spacial score (nSPS) is 19.2. The van der Waals surface area contributed by atoms with Gasteiger partial charge in [-0.15, -0.1) is 21.5 Å². The van der Waals surface area contributed by atoms with Gasteiger partial charge in [0.15, 0.2) is 5.82 Å². The van der Waals surface area contributed by atoms with Crippen LogP contribution in [0.3, 0.4) is 0 Å². The summed E-state index contributed by atoms with van der Waals surface area (Å²) in [6.07, 6.45) is 14.8. The van der Waals surface area contributed by atoms with Crippen molar-refractivity contribution in [2.75, 3.05) is 0 Å². The van der Waals surface area contributed by atoms with Gasteiger partial charge in [-0.2, -0.15) is 5.26 Å². The van der Waals surface area contributed by atoms with E-state index in [9.17, 15) is 5.26 Å². The third-order valence-corrected chi connectivity index (χ3v) is 6.36. The Morgan fingerprint density at radius 1 is 1.16 bits per heavy atom. The van der Waals surface area contributed by atoms with Crippen LogP contribution >= 0.6 is 11.3 Å². The van der Waals surface area contributed by atoms with E-state index in [4.69, 9.17) is 0 Å². The summed E-state index contributed by atoms with van der Waals surface area (Å²) in [5.74, 6) is 2.34. The summed E-state index contributed by atoms with van der Waals surface area (Å²) in [4.78, 5) is 5.68. The Morgan fingerprint density at radius 2 is 2.00 bits per heavy atom. The van der Waals surface area contributed by atoms with Gasteiger partial charge < -0.3 is 4.57 Å². The molecule has 2 aromatic rings. The molecule has 5 nitrogen and oxygen atoms in total. The molecule has 0 radical (unpaired) electrons. The Hall–Kier alpha value is -2.00. The molecule has 0 N–H and O–H groups in total. The van der Waals surface area contributed by atoms with Crippen LogP contribution in [0.4, 0.5) is 0 Å². The number of nitriles is 1. The summed E-state index contributed by atoms with van der Waals surface area (Å²) in [7, 11) is 0. The van der Waals surface area contributed by atoms with Crippen LogP contribution in [0.1, 0.15) is 78.8 Å². The van der Waals surface area contributed by atoms with Crippen LogP contribution in [-0.4, -0.2) is 19.7 Å². The molecule has 0 aromatic carbocycles. The van der Waals surface area contributed by atoms with Crippen molar-refractivity contribution in [3.05, 3.63) is 27.7 Å². The molecule has 1 saturated carbocycles. The first-order chi connectivity index (χ1) is 12.3. The third-order valence-electron chi connectivity index (χ3n) is 5.25. The molecule has 2 aromatic heterocycles. The minimum absolute atomic E-state index is 0.597. The monoisotopic (exact) mass is 353 g/mol. The van der Waals surface area contributed by atoms with Crippen LogP contribution in [0.5, 0.6) is 0 Å². The fourth-order valence-electron chi connectivity index (χ4n) is 3.88. The number of nitrogens with zero attached hydrogens (tertiary/aromatic N) is 5. The van der Waals surface area contributed by atoms with E-state index in [1.54, 1.807) is 11.3 Å². The van der Waals surface area contributed by atoms with E-state index in [2.05, 4.69) is 25.8 Å². The predicted molar refractivity (Wildman–Crippen MR) is 99.0 cm³/mol. The van der Waals surface area contributed by atoms with Crippen molar-refractivity contribution >= 4 is 23.0 Å². The molecule has 2 aliphatic rings. The predicted octanol–water partition coefficient (Wildman–Crippen LogP) is 4.57. The van der Waals surface area contributed by atoms with Gasteiger partial charge >= 0.3 is 0 Å². The van der Waals surface area contributed by atoms with Gasteiger partial charge in [-0.1, -0.05) is 25.7 Å². The van der Waals surface area contributed by atoms with E-state index in [1.807, 2.05) is 12.3 Å². The number of hydrogen-bond acceptors (Lipinski definition) is 5. The summed E-state index contributed by atoms with van der Waals surface area (Å²) >= 11 is 1.73. The fourth-order valence-corrected chi connectivity index (χ4v) is 4.91. The van der Waals surface area contributed by atoms with E-state index in [0.717, 1.165) is 36.5 Å². The van der Waals surface area contributed by atoms with Crippen LogP contribution in [0.2, 0.25) is 0 Å². The molecule has 130 valence electrons. The van der Waals surface area contributed by atoms with Gasteiger partial charge in [0.25, 0.3) is 0 Å². The molecule has 1 aliphatic heterocycles. The lowest BCUT2D eigenvalue weighted by molar-refractivity contribution is 0.442. The van der Waals surface area contributed by atoms with Gasteiger partial charge in [0.2, 0.25) is 0 Å². The van der Waals surface area contributed by atoms with E-state index in [1.165, 1.54) is 43.5 Å². The lowest BCUT2D eigenvalue weighted by Crippen LogP contribution is -2.05. The summed E-state index contributed by atoms with van der Waals surface area (Å²) in [6, 6.07) is 2.33. The molecular formula is C19H23N5S. The second-order valence-electron chi connectivity index (χ2n) is 7.01. The summed E-state index contributed by atoms with van der Waals surface area (Å²) < 4.78 is 2.13. The summed E-state index contributed by atoms with van der Waals surface area (Å²) in [5.41, 5.74) is 0.597. The highest BCUT2D eigenvalue weighted by molar-refractivity contribution is 7.12. The Labute approximate surface area is 152 Å². The molecule has 4 rings (SSSR count). The van der Waals surface area contributed by atoms with Gasteiger partial charge in [-0.3, -0.25) is 0 Å². The molecule has 0 unspecified atom stereocenters. The van der Waals surface area contributed by atoms with Crippen molar-refractivity contribution in [2.45, 2.75) is 70.3 Å². The SMILES string of the molecule is N#CC(=Cc1cnc(C2CCCCC2)s1)c1nnc2n1CCCCC2. The van der Waals surface area contributed by atoms with Crippen molar-refractivity contribution < 1.29 is 0 Å². The quantitative estimate of drug-likeness (QED) is 0.758. The van der Waals surface area contributed by atoms with E-state index in [-0.39, 0.29) is 0 Å². The molecule has 0 saturated heterocycles. The molecule has 1 aliphatic carbocycles. The van der Waals surface area contributed by atoms with E-state index >= 15 is 0 Å². The number of hydrogen-bond donors (Lipinski definition) is 0. The smallest absolute Gasteiger partial charge is 0.174 e. The van der Waals surface area contributed by atoms with Gasteiger partial charge in [0.05, 0.1) is 10.6 Å². The molecule has 0 amide bonds. The van der Waals surface area contributed by atoms with Crippen LogP contribution in [0, 0.1) is 11.3 Å².